The summed E-state index contributed by atoms with van der Waals surface area (Å²) in [4.78, 5) is 1.32. The van der Waals surface area contributed by atoms with Crippen LogP contribution in [-0.2, 0) is 4.53 Å². The van der Waals surface area contributed by atoms with E-state index in [1.54, 1.807) is 0 Å². The van der Waals surface area contributed by atoms with Gasteiger partial charge in [0.1, 0.15) is 0 Å². The molecule has 1 atom stereocenters. The van der Waals surface area contributed by atoms with E-state index in [4.69, 9.17) is 4.53 Å². The molecule has 2 nitrogen and oxygen atoms in total. The third-order valence-corrected chi connectivity index (χ3v) is 4.44. The molecule has 4 heteroatoms. The fourth-order valence-corrected chi connectivity index (χ4v) is 3.13. The first kappa shape index (κ1) is 12.8. The van der Waals surface area contributed by atoms with Crippen LogP contribution in [0, 0.1) is 0 Å². The Labute approximate surface area is 108 Å². The topological polar surface area (TPSA) is 21.3 Å². The molecule has 92 valence electrons. The van der Waals surface area contributed by atoms with Gasteiger partial charge in [-0.3, -0.25) is 0 Å². The summed E-state index contributed by atoms with van der Waals surface area (Å²) in [7, 11) is -1.50. The first-order valence-corrected chi connectivity index (χ1v) is 10.1. The number of fused-ring (bicyclic) bond motifs is 1. The van der Waals surface area contributed by atoms with Crippen LogP contribution < -0.4 is 5.48 Å². The van der Waals surface area contributed by atoms with E-state index in [-0.39, 0.29) is 6.04 Å². The van der Waals surface area contributed by atoms with E-state index in [1.807, 2.05) is 11.3 Å². The van der Waals surface area contributed by atoms with Gasteiger partial charge in [-0.15, -0.1) is 11.3 Å². The molecule has 0 aliphatic carbocycles. The molecule has 0 fully saturated rings. The molecule has 17 heavy (non-hydrogen) atoms. The zero-order valence-electron chi connectivity index (χ0n) is 10.8. The predicted molar refractivity (Wildman–Crippen MR) is 77.8 cm³/mol. The van der Waals surface area contributed by atoms with Crippen LogP contribution in [0.3, 0.4) is 0 Å². The molecule has 2 rings (SSSR count). The SMILES string of the molecule is CC(NO[Si](C)(C)C)c1cc2ccccc2s1. The Balaban J connectivity index is 2.11. The van der Waals surface area contributed by atoms with Gasteiger partial charge in [-0.05, 0) is 44.1 Å². The zero-order valence-corrected chi connectivity index (χ0v) is 12.6. The molecule has 0 spiro atoms. The highest BCUT2D eigenvalue weighted by atomic mass is 32.1. The summed E-state index contributed by atoms with van der Waals surface area (Å²) in [5.74, 6) is 0. The molecule has 1 aromatic heterocycles. The van der Waals surface area contributed by atoms with Gasteiger partial charge in [0.25, 0.3) is 0 Å². The lowest BCUT2D eigenvalue weighted by Crippen LogP contribution is -2.34. The van der Waals surface area contributed by atoms with E-state index < -0.39 is 8.32 Å². The lowest BCUT2D eigenvalue weighted by Gasteiger charge is -2.20. The quantitative estimate of drug-likeness (QED) is 0.656. The van der Waals surface area contributed by atoms with Crippen molar-refractivity contribution in [3.05, 3.63) is 35.2 Å². The zero-order chi connectivity index (χ0) is 12.5. The Hall–Kier alpha value is -0.683. The Morgan fingerprint density at radius 2 is 1.94 bits per heavy atom. The van der Waals surface area contributed by atoms with Gasteiger partial charge < -0.3 is 4.53 Å². The minimum atomic E-state index is -1.50. The minimum Gasteiger partial charge on any atom is -0.345 e. The third kappa shape index (κ3) is 3.39. The van der Waals surface area contributed by atoms with Crippen LogP contribution in [0.25, 0.3) is 10.1 Å². The summed E-state index contributed by atoms with van der Waals surface area (Å²) in [5, 5.41) is 1.31. The minimum absolute atomic E-state index is 0.249. The standard InChI is InChI=1S/C13H19NOSSi/c1-10(14-15-17(2,3)4)13-9-11-7-5-6-8-12(11)16-13/h5-10,14H,1-4H3. The molecule has 1 unspecified atom stereocenters. The molecule has 0 aliphatic rings. The van der Waals surface area contributed by atoms with Crippen LogP contribution in [0.2, 0.25) is 19.6 Å². The summed E-state index contributed by atoms with van der Waals surface area (Å²) in [6.07, 6.45) is 0. The number of nitrogens with one attached hydrogen (secondary N) is 1. The molecule has 0 amide bonds. The lowest BCUT2D eigenvalue weighted by atomic mass is 10.2. The van der Waals surface area contributed by atoms with Gasteiger partial charge in [-0.1, -0.05) is 18.2 Å². The molecule has 1 heterocycles. The Kier molecular flexibility index (Phi) is 3.68. The first-order chi connectivity index (χ1) is 7.96. The molecular formula is C13H19NOSSi. The third-order valence-electron chi connectivity index (χ3n) is 2.41. The average Bonchev–Trinajstić information content (AvgIpc) is 2.68. The van der Waals surface area contributed by atoms with E-state index in [0.717, 1.165) is 0 Å². The van der Waals surface area contributed by atoms with Crippen LogP contribution in [0.15, 0.2) is 30.3 Å². The Morgan fingerprint density at radius 3 is 2.59 bits per heavy atom. The second-order valence-corrected chi connectivity index (χ2v) is 10.8. The van der Waals surface area contributed by atoms with Gasteiger partial charge in [0.05, 0.1) is 6.04 Å². The Bertz CT molecular complexity index is 470. The van der Waals surface area contributed by atoms with Crippen LogP contribution in [-0.4, -0.2) is 8.32 Å². The van der Waals surface area contributed by atoms with Crippen LogP contribution in [0.5, 0.6) is 0 Å². The smallest absolute Gasteiger partial charge is 0.211 e. The van der Waals surface area contributed by atoms with E-state index in [1.165, 1.54) is 15.0 Å². The molecule has 1 N–H and O–H groups in total. The van der Waals surface area contributed by atoms with Gasteiger partial charge in [0.15, 0.2) is 0 Å². The van der Waals surface area contributed by atoms with E-state index in [9.17, 15) is 0 Å². The fourth-order valence-electron chi connectivity index (χ4n) is 1.54. The van der Waals surface area contributed by atoms with Gasteiger partial charge >= 0.3 is 0 Å². The number of rotatable bonds is 4. The highest BCUT2D eigenvalue weighted by Crippen LogP contribution is 2.29. The highest BCUT2D eigenvalue weighted by Gasteiger charge is 2.17. The van der Waals surface area contributed by atoms with Crippen molar-refractivity contribution in [2.75, 3.05) is 0 Å². The number of benzene rings is 1. The first-order valence-electron chi connectivity index (χ1n) is 5.88. The van der Waals surface area contributed by atoms with Crippen molar-refractivity contribution in [2.24, 2.45) is 0 Å². The van der Waals surface area contributed by atoms with Crippen molar-refractivity contribution >= 4 is 29.7 Å². The maximum absolute atomic E-state index is 5.74. The summed E-state index contributed by atoms with van der Waals surface area (Å²) in [5.41, 5.74) is 3.17. The Morgan fingerprint density at radius 1 is 1.24 bits per heavy atom. The molecule has 0 bridgehead atoms. The lowest BCUT2D eigenvalue weighted by molar-refractivity contribution is 0.155. The van der Waals surface area contributed by atoms with Crippen LogP contribution in [0.1, 0.15) is 17.8 Å². The predicted octanol–water partition coefficient (Wildman–Crippen LogP) is 4.32. The van der Waals surface area contributed by atoms with E-state index in [2.05, 4.69) is 62.4 Å². The number of hydroxylamine groups is 1. The number of hydrogen-bond acceptors (Lipinski definition) is 3. The molecule has 0 aliphatic heterocycles. The number of thiophene rings is 1. The molecule has 2 aromatic rings. The van der Waals surface area contributed by atoms with Crippen LogP contribution >= 0.6 is 11.3 Å². The second-order valence-electron chi connectivity index (χ2n) is 5.24. The normalized spacial score (nSPS) is 14.1. The maximum atomic E-state index is 5.74. The van der Waals surface area contributed by atoms with E-state index >= 15 is 0 Å². The van der Waals surface area contributed by atoms with Crippen molar-refractivity contribution in [1.82, 2.24) is 5.48 Å². The summed E-state index contributed by atoms with van der Waals surface area (Å²) in [6.45, 7) is 8.68. The summed E-state index contributed by atoms with van der Waals surface area (Å²) in [6, 6.07) is 11.0. The summed E-state index contributed by atoms with van der Waals surface area (Å²) >= 11 is 1.83. The maximum Gasteiger partial charge on any atom is 0.211 e. The van der Waals surface area contributed by atoms with Crippen molar-refractivity contribution in [2.45, 2.75) is 32.6 Å². The molecule has 0 saturated heterocycles. The molecule has 0 saturated carbocycles. The highest BCUT2D eigenvalue weighted by molar-refractivity contribution is 7.19. The van der Waals surface area contributed by atoms with Gasteiger partial charge in [0, 0.05) is 9.58 Å². The fraction of sp³-hybridized carbons (Fsp3) is 0.385. The second kappa shape index (κ2) is 4.90. The average molecular weight is 265 g/mol. The van der Waals surface area contributed by atoms with Crippen molar-refractivity contribution in [3.63, 3.8) is 0 Å². The van der Waals surface area contributed by atoms with Crippen molar-refractivity contribution in [1.29, 1.82) is 0 Å². The van der Waals surface area contributed by atoms with E-state index in [0.29, 0.717) is 0 Å². The number of hydrogen-bond donors (Lipinski definition) is 1. The van der Waals surface area contributed by atoms with Gasteiger partial charge in [-0.25, -0.2) is 5.48 Å². The van der Waals surface area contributed by atoms with Crippen molar-refractivity contribution in [3.8, 4) is 0 Å². The molecule has 0 radical (unpaired) electrons. The summed E-state index contributed by atoms with van der Waals surface area (Å²) < 4.78 is 7.07. The van der Waals surface area contributed by atoms with Gasteiger partial charge in [-0.2, -0.15) is 0 Å². The van der Waals surface area contributed by atoms with Crippen LogP contribution in [0.4, 0.5) is 0 Å². The monoisotopic (exact) mass is 265 g/mol. The molecular weight excluding hydrogens is 246 g/mol. The molecule has 1 aromatic carbocycles. The van der Waals surface area contributed by atoms with Gasteiger partial charge in [0.2, 0.25) is 8.32 Å². The largest absolute Gasteiger partial charge is 0.345 e. The van der Waals surface area contributed by atoms with Crippen molar-refractivity contribution < 1.29 is 4.53 Å².